The summed E-state index contributed by atoms with van der Waals surface area (Å²) >= 11 is 0. The molecule has 0 aliphatic rings. The van der Waals surface area contributed by atoms with Crippen molar-refractivity contribution < 1.29 is 18.7 Å². The fourth-order valence-corrected chi connectivity index (χ4v) is 2.83. The summed E-state index contributed by atoms with van der Waals surface area (Å²) in [4.78, 5) is 16.0. The Morgan fingerprint density at radius 3 is 2.64 bits per heavy atom. The maximum Gasteiger partial charge on any atom is 0.252 e. The molecule has 1 heterocycles. The summed E-state index contributed by atoms with van der Waals surface area (Å²) in [6, 6.07) is 8.85. The molecule has 1 amide bonds. The highest BCUT2D eigenvalue weighted by atomic mass is 19.1. The lowest BCUT2D eigenvalue weighted by Gasteiger charge is -2.29. The SMILES string of the molecule is C/C=C\C(F)=C/CCC(O)(CCNC(=O)c1cccnc1)c1ccc(F)cc1. The summed E-state index contributed by atoms with van der Waals surface area (Å²) in [7, 11) is 0. The van der Waals surface area contributed by atoms with Gasteiger partial charge in [-0.1, -0.05) is 18.2 Å². The van der Waals surface area contributed by atoms with Crippen LogP contribution in [0.15, 0.2) is 72.8 Å². The molecule has 28 heavy (non-hydrogen) atoms. The van der Waals surface area contributed by atoms with Crippen LogP contribution >= 0.6 is 0 Å². The Morgan fingerprint density at radius 1 is 1.25 bits per heavy atom. The van der Waals surface area contributed by atoms with E-state index in [0.29, 0.717) is 17.5 Å². The van der Waals surface area contributed by atoms with Crippen molar-refractivity contribution in [3.8, 4) is 0 Å². The fourth-order valence-electron chi connectivity index (χ4n) is 2.83. The summed E-state index contributed by atoms with van der Waals surface area (Å²) in [5.41, 5.74) is -0.392. The molecule has 0 fully saturated rings. The Kier molecular flexibility index (Phi) is 8.02. The third-order valence-corrected chi connectivity index (χ3v) is 4.35. The molecule has 0 aliphatic carbocycles. The lowest BCUT2D eigenvalue weighted by molar-refractivity contribution is 0.0197. The highest BCUT2D eigenvalue weighted by Crippen LogP contribution is 2.30. The standard InChI is InChI=1S/C22H24F2N2O2/c1-2-5-19(23)7-3-12-22(28,18-8-10-20(24)11-9-18)13-15-26-21(27)17-6-4-14-25-16-17/h2,4-11,14,16,28H,3,12-13,15H2,1H3,(H,26,27)/b5-2-,19-7+. The van der Waals surface area contributed by atoms with Crippen LogP contribution in [-0.4, -0.2) is 22.5 Å². The highest BCUT2D eigenvalue weighted by Gasteiger charge is 2.28. The van der Waals surface area contributed by atoms with Crippen LogP contribution in [0.5, 0.6) is 0 Å². The number of carbonyl (C=O) groups excluding carboxylic acids is 1. The zero-order valence-corrected chi connectivity index (χ0v) is 15.7. The first-order valence-corrected chi connectivity index (χ1v) is 9.09. The monoisotopic (exact) mass is 386 g/mol. The van der Waals surface area contributed by atoms with E-state index in [4.69, 9.17) is 0 Å². The fraction of sp³-hybridized carbons (Fsp3) is 0.273. The van der Waals surface area contributed by atoms with Crippen LogP contribution in [0.1, 0.15) is 42.1 Å². The number of aromatic nitrogens is 1. The Hall–Kier alpha value is -2.86. The number of pyridine rings is 1. The molecule has 2 aromatic rings. The van der Waals surface area contributed by atoms with Crippen molar-refractivity contribution in [3.05, 3.63) is 89.8 Å². The minimum absolute atomic E-state index is 0.197. The maximum atomic E-state index is 13.6. The van der Waals surface area contributed by atoms with Crippen molar-refractivity contribution in [3.63, 3.8) is 0 Å². The van der Waals surface area contributed by atoms with Crippen LogP contribution in [0.4, 0.5) is 8.78 Å². The number of aliphatic hydroxyl groups is 1. The zero-order valence-electron chi connectivity index (χ0n) is 15.7. The molecule has 1 unspecified atom stereocenters. The summed E-state index contributed by atoms with van der Waals surface area (Å²) in [5, 5.41) is 13.9. The minimum Gasteiger partial charge on any atom is -0.385 e. The minimum atomic E-state index is -1.33. The second kappa shape index (κ2) is 10.5. The summed E-state index contributed by atoms with van der Waals surface area (Å²) in [6.45, 7) is 1.91. The van der Waals surface area contributed by atoms with Crippen molar-refractivity contribution in [2.24, 2.45) is 0 Å². The van der Waals surface area contributed by atoms with E-state index in [1.807, 2.05) is 0 Å². The summed E-state index contributed by atoms with van der Waals surface area (Å²) < 4.78 is 26.8. The maximum absolute atomic E-state index is 13.6. The first-order valence-electron chi connectivity index (χ1n) is 9.09. The van der Waals surface area contributed by atoms with Crippen LogP contribution in [0, 0.1) is 5.82 Å². The van der Waals surface area contributed by atoms with Gasteiger partial charge >= 0.3 is 0 Å². The number of hydrogen-bond donors (Lipinski definition) is 2. The Balaban J connectivity index is 2.06. The third-order valence-electron chi connectivity index (χ3n) is 4.35. The van der Waals surface area contributed by atoms with Gasteiger partial charge < -0.3 is 10.4 Å². The number of carbonyl (C=O) groups is 1. The molecule has 0 radical (unpaired) electrons. The molecule has 2 N–H and O–H groups in total. The number of nitrogens with zero attached hydrogens (tertiary/aromatic N) is 1. The molecule has 148 valence electrons. The van der Waals surface area contributed by atoms with Crippen molar-refractivity contribution in [1.82, 2.24) is 10.3 Å². The predicted molar refractivity (Wildman–Crippen MR) is 105 cm³/mol. The Bertz CT molecular complexity index is 820. The van der Waals surface area contributed by atoms with Crippen LogP contribution in [0.3, 0.4) is 0 Å². The molecule has 1 aromatic heterocycles. The molecule has 0 saturated heterocycles. The molecule has 0 aliphatic heterocycles. The van der Waals surface area contributed by atoms with Crippen molar-refractivity contribution >= 4 is 5.91 Å². The van der Waals surface area contributed by atoms with E-state index in [9.17, 15) is 18.7 Å². The van der Waals surface area contributed by atoms with Gasteiger partial charge in [-0.05, 0) is 68.2 Å². The van der Waals surface area contributed by atoms with Crippen molar-refractivity contribution in [2.75, 3.05) is 6.54 Å². The van der Waals surface area contributed by atoms with E-state index in [1.165, 1.54) is 42.6 Å². The normalized spacial score (nSPS) is 14.1. The second-order valence-electron chi connectivity index (χ2n) is 6.41. The van der Waals surface area contributed by atoms with E-state index >= 15 is 0 Å². The van der Waals surface area contributed by atoms with Gasteiger partial charge in [-0.25, -0.2) is 8.78 Å². The van der Waals surface area contributed by atoms with Gasteiger partial charge in [-0.2, -0.15) is 0 Å². The van der Waals surface area contributed by atoms with Crippen molar-refractivity contribution in [2.45, 2.75) is 31.8 Å². The molecule has 0 spiro atoms. The van der Waals surface area contributed by atoms with Gasteiger partial charge in [0, 0.05) is 18.9 Å². The molecular weight excluding hydrogens is 362 g/mol. The van der Waals surface area contributed by atoms with Crippen LogP contribution in [-0.2, 0) is 5.60 Å². The van der Waals surface area contributed by atoms with Gasteiger partial charge in [-0.15, -0.1) is 0 Å². The van der Waals surface area contributed by atoms with E-state index in [1.54, 1.807) is 31.3 Å². The summed E-state index contributed by atoms with van der Waals surface area (Å²) in [6.07, 6.45) is 8.07. The first-order chi connectivity index (χ1) is 13.4. The average Bonchev–Trinajstić information content (AvgIpc) is 2.69. The number of allylic oxidation sites excluding steroid dienone is 4. The van der Waals surface area contributed by atoms with Gasteiger partial charge in [-0.3, -0.25) is 9.78 Å². The number of rotatable bonds is 9. The molecule has 0 bridgehead atoms. The van der Waals surface area contributed by atoms with Crippen LogP contribution in [0.2, 0.25) is 0 Å². The van der Waals surface area contributed by atoms with Crippen LogP contribution in [0.25, 0.3) is 0 Å². The van der Waals surface area contributed by atoms with E-state index in [-0.39, 0.29) is 31.1 Å². The van der Waals surface area contributed by atoms with Gasteiger partial charge in [0.1, 0.15) is 11.6 Å². The Morgan fingerprint density at radius 2 is 2.00 bits per heavy atom. The summed E-state index contributed by atoms with van der Waals surface area (Å²) in [5.74, 6) is -1.09. The van der Waals surface area contributed by atoms with E-state index < -0.39 is 11.4 Å². The van der Waals surface area contributed by atoms with Gasteiger partial charge in [0.15, 0.2) is 0 Å². The number of nitrogens with one attached hydrogen (secondary N) is 1. The molecular formula is C22H24F2N2O2. The molecule has 4 nitrogen and oxygen atoms in total. The third kappa shape index (κ3) is 6.39. The predicted octanol–water partition coefficient (Wildman–Crippen LogP) is 4.44. The molecule has 0 saturated carbocycles. The molecule has 6 heteroatoms. The highest BCUT2D eigenvalue weighted by molar-refractivity contribution is 5.93. The van der Waals surface area contributed by atoms with E-state index in [0.717, 1.165) is 0 Å². The molecule has 1 atom stereocenters. The van der Waals surface area contributed by atoms with Gasteiger partial charge in [0.2, 0.25) is 0 Å². The van der Waals surface area contributed by atoms with Gasteiger partial charge in [0.05, 0.1) is 11.2 Å². The second-order valence-corrected chi connectivity index (χ2v) is 6.41. The largest absolute Gasteiger partial charge is 0.385 e. The smallest absolute Gasteiger partial charge is 0.252 e. The van der Waals surface area contributed by atoms with E-state index in [2.05, 4.69) is 10.3 Å². The number of hydrogen-bond acceptors (Lipinski definition) is 3. The lowest BCUT2D eigenvalue weighted by atomic mass is 9.86. The quantitative estimate of drug-likeness (QED) is 0.627. The average molecular weight is 386 g/mol. The first kappa shape index (κ1) is 21.4. The van der Waals surface area contributed by atoms with Crippen LogP contribution < -0.4 is 5.32 Å². The van der Waals surface area contributed by atoms with Crippen molar-refractivity contribution in [1.29, 1.82) is 0 Å². The number of amides is 1. The Labute approximate surface area is 163 Å². The molecule has 2 rings (SSSR count). The lowest BCUT2D eigenvalue weighted by Crippen LogP contribution is -2.33. The number of benzene rings is 1. The zero-order chi connectivity index (χ0) is 20.4. The van der Waals surface area contributed by atoms with Gasteiger partial charge in [0.25, 0.3) is 5.91 Å². The molecule has 1 aromatic carbocycles. The number of halogens is 2. The topological polar surface area (TPSA) is 62.2 Å².